The van der Waals surface area contributed by atoms with Crippen molar-refractivity contribution in [3.63, 3.8) is 0 Å². The summed E-state index contributed by atoms with van der Waals surface area (Å²) >= 11 is 0. The lowest BCUT2D eigenvalue weighted by Crippen LogP contribution is -2.43. The van der Waals surface area contributed by atoms with Crippen molar-refractivity contribution < 1.29 is 14.7 Å². The Kier molecular flexibility index (Phi) is 6.99. The van der Waals surface area contributed by atoms with Crippen molar-refractivity contribution in [3.05, 3.63) is 0 Å². The summed E-state index contributed by atoms with van der Waals surface area (Å²) in [5.41, 5.74) is 5.74. The number of carboxylic acid groups (broad SMARTS) is 1. The third kappa shape index (κ3) is 5.49. The lowest BCUT2D eigenvalue weighted by Gasteiger charge is -2.29. The maximum Gasteiger partial charge on any atom is 0.323 e. The normalized spacial score (nSPS) is 17.4. The summed E-state index contributed by atoms with van der Waals surface area (Å²) in [6, 6.07) is 0.107. The molecule has 20 heavy (non-hydrogen) atoms. The number of hydrogen-bond donors (Lipinski definition) is 2. The van der Waals surface area contributed by atoms with Crippen LogP contribution in [0.4, 0.5) is 0 Å². The molecule has 0 heterocycles. The number of nitrogens with two attached hydrogens (primary N) is 1. The summed E-state index contributed by atoms with van der Waals surface area (Å²) in [6.07, 6.45) is 5.31. The molecule has 3 N–H and O–H groups in total. The zero-order chi connectivity index (χ0) is 15.1. The van der Waals surface area contributed by atoms with Gasteiger partial charge in [-0.3, -0.25) is 9.59 Å². The number of aliphatic carboxylic acids is 1. The fraction of sp³-hybridized carbons (Fsp3) is 0.867. The quantitative estimate of drug-likeness (QED) is 0.712. The standard InChI is InChI=1S/C15H28N2O3/c1-11(2)7-12(9-16)8-14(18)17(10-15(19)20)13-5-3-4-6-13/h11-13H,3-10,16H2,1-2H3,(H,19,20)/t12-/m0/s1. The summed E-state index contributed by atoms with van der Waals surface area (Å²) in [5.74, 6) is -0.329. The number of carbonyl (C=O) groups is 2. The molecule has 1 rings (SSSR count). The molecule has 0 aliphatic heterocycles. The highest BCUT2D eigenvalue weighted by molar-refractivity contribution is 5.81. The minimum atomic E-state index is -0.932. The largest absolute Gasteiger partial charge is 0.480 e. The van der Waals surface area contributed by atoms with Crippen LogP contribution in [-0.4, -0.2) is 41.0 Å². The minimum Gasteiger partial charge on any atom is -0.480 e. The molecule has 116 valence electrons. The van der Waals surface area contributed by atoms with E-state index in [1.807, 2.05) is 0 Å². The number of amides is 1. The Morgan fingerprint density at radius 1 is 1.30 bits per heavy atom. The van der Waals surface area contributed by atoms with Crippen LogP contribution in [0.25, 0.3) is 0 Å². The zero-order valence-electron chi connectivity index (χ0n) is 12.7. The van der Waals surface area contributed by atoms with E-state index in [1.165, 1.54) is 0 Å². The van der Waals surface area contributed by atoms with Gasteiger partial charge in [0, 0.05) is 12.5 Å². The topological polar surface area (TPSA) is 83.6 Å². The van der Waals surface area contributed by atoms with Gasteiger partial charge in [-0.05, 0) is 37.6 Å². The first-order valence-electron chi connectivity index (χ1n) is 7.65. The summed E-state index contributed by atoms with van der Waals surface area (Å²) in [7, 11) is 0. The highest BCUT2D eigenvalue weighted by atomic mass is 16.4. The Labute approximate surface area is 121 Å². The van der Waals surface area contributed by atoms with Gasteiger partial charge in [-0.25, -0.2) is 0 Å². The number of hydrogen-bond acceptors (Lipinski definition) is 3. The average Bonchev–Trinajstić information content (AvgIpc) is 2.87. The van der Waals surface area contributed by atoms with Gasteiger partial charge < -0.3 is 15.7 Å². The second kappa shape index (κ2) is 8.25. The van der Waals surface area contributed by atoms with Crippen LogP contribution in [0.1, 0.15) is 52.4 Å². The van der Waals surface area contributed by atoms with E-state index in [0.29, 0.717) is 18.9 Å². The SMILES string of the molecule is CC(C)C[C@H](CN)CC(=O)N(CC(=O)O)C1CCCC1. The van der Waals surface area contributed by atoms with Gasteiger partial charge in [0.25, 0.3) is 0 Å². The molecular formula is C15H28N2O3. The lowest BCUT2D eigenvalue weighted by molar-refractivity contribution is -0.146. The van der Waals surface area contributed by atoms with E-state index in [9.17, 15) is 9.59 Å². The molecule has 0 saturated heterocycles. The Bertz CT molecular complexity index is 325. The van der Waals surface area contributed by atoms with Gasteiger partial charge in [0.2, 0.25) is 5.91 Å². The molecule has 1 atom stereocenters. The van der Waals surface area contributed by atoms with Crippen molar-refractivity contribution in [1.82, 2.24) is 4.90 Å². The van der Waals surface area contributed by atoms with Crippen molar-refractivity contribution in [2.24, 2.45) is 17.6 Å². The summed E-state index contributed by atoms with van der Waals surface area (Å²) < 4.78 is 0. The summed E-state index contributed by atoms with van der Waals surface area (Å²) in [6.45, 7) is 4.52. The van der Waals surface area contributed by atoms with Gasteiger partial charge in [0.05, 0.1) is 0 Å². The molecule has 0 radical (unpaired) electrons. The van der Waals surface area contributed by atoms with Crippen LogP contribution in [0, 0.1) is 11.8 Å². The van der Waals surface area contributed by atoms with Crippen molar-refractivity contribution in [2.45, 2.75) is 58.4 Å². The van der Waals surface area contributed by atoms with Gasteiger partial charge in [-0.2, -0.15) is 0 Å². The third-order valence-corrected chi connectivity index (χ3v) is 3.99. The highest BCUT2D eigenvalue weighted by Gasteiger charge is 2.29. The third-order valence-electron chi connectivity index (χ3n) is 3.99. The molecule has 5 nitrogen and oxygen atoms in total. The molecule has 5 heteroatoms. The van der Waals surface area contributed by atoms with E-state index in [-0.39, 0.29) is 24.4 Å². The molecule has 0 aromatic carbocycles. The molecule has 1 fully saturated rings. The second-order valence-electron chi connectivity index (χ2n) is 6.29. The predicted molar refractivity (Wildman–Crippen MR) is 78.2 cm³/mol. The average molecular weight is 284 g/mol. The first-order chi connectivity index (χ1) is 9.43. The number of carbonyl (C=O) groups excluding carboxylic acids is 1. The van der Waals surface area contributed by atoms with Crippen molar-refractivity contribution in [2.75, 3.05) is 13.1 Å². The zero-order valence-corrected chi connectivity index (χ0v) is 12.7. The monoisotopic (exact) mass is 284 g/mol. The molecule has 1 amide bonds. The van der Waals surface area contributed by atoms with Crippen molar-refractivity contribution in [1.29, 1.82) is 0 Å². The van der Waals surface area contributed by atoms with E-state index < -0.39 is 5.97 Å². The van der Waals surface area contributed by atoms with Gasteiger partial charge >= 0.3 is 5.97 Å². The first-order valence-corrected chi connectivity index (χ1v) is 7.65. The van der Waals surface area contributed by atoms with E-state index >= 15 is 0 Å². The molecule has 0 aromatic rings. The van der Waals surface area contributed by atoms with E-state index in [0.717, 1.165) is 32.1 Å². The molecule has 1 aliphatic rings. The molecule has 0 unspecified atom stereocenters. The molecular weight excluding hydrogens is 256 g/mol. The van der Waals surface area contributed by atoms with Crippen LogP contribution in [0.5, 0.6) is 0 Å². The van der Waals surface area contributed by atoms with Crippen LogP contribution < -0.4 is 5.73 Å². The maximum atomic E-state index is 12.4. The number of rotatable bonds is 8. The van der Waals surface area contributed by atoms with Crippen molar-refractivity contribution in [3.8, 4) is 0 Å². The lowest BCUT2D eigenvalue weighted by atomic mass is 9.93. The van der Waals surface area contributed by atoms with Gasteiger partial charge in [0.15, 0.2) is 0 Å². The fourth-order valence-electron chi connectivity index (χ4n) is 3.08. The maximum absolute atomic E-state index is 12.4. The van der Waals surface area contributed by atoms with Gasteiger partial charge in [-0.1, -0.05) is 26.7 Å². The summed E-state index contributed by atoms with van der Waals surface area (Å²) in [4.78, 5) is 25.0. The number of nitrogens with zero attached hydrogens (tertiary/aromatic N) is 1. The van der Waals surface area contributed by atoms with Crippen LogP contribution >= 0.6 is 0 Å². The van der Waals surface area contributed by atoms with Crippen molar-refractivity contribution >= 4 is 11.9 Å². The Morgan fingerprint density at radius 3 is 2.35 bits per heavy atom. The molecule has 1 aliphatic carbocycles. The molecule has 1 saturated carbocycles. The van der Waals surface area contributed by atoms with E-state index in [2.05, 4.69) is 13.8 Å². The highest BCUT2D eigenvalue weighted by Crippen LogP contribution is 2.25. The molecule has 0 spiro atoms. The smallest absolute Gasteiger partial charge is 0.323 e. The predicted octanol–water partition coefficient (Wildman–Crippen LogP) is 1.85. The van der Waals surface area contributed by atoms with Crippen LogP contribution in [0.15, 0.2) is 0 Å². The van der Waals surface area contributed by atoms with Crippen LogP contribution in [-0.2, 0) is 9.59 Å². The Morgan fingerprint density at radius 2 is 1.90 bits per heavy atom. The summed E-state index contributed by atoms with van der Waals surface area (Å²) in [5, 5.41) is 9.01. The first kappa shape index (κ1) is 17.0. The Hall–Kier alpha value is -1.10. The van der Waals surface area contributed by atoms with Gasteiger partial charge in [0.1, 0.15) is 6.54 Å². The number of carboxylic acids is 1. The Balaban J connectivity index is 2.63. The van der Waals surface area contributed by atoms with Gasteiger partial charge in [-0.15, -0.1) is 0 Å². The molecule has 0 bridgehead atoms. The van der Waals surface area contributed by atoms with Crippen LogP contribution in [0.2, 0.25) is 0 Å². The minimum absolute atomic E-state index is 0.0459. The van der Waals surface area contributed by atoms with E-state index in [1.54, 1.807) is 4.90 Å². The fourth-order valence-corrected chi connectivity index (χ4v) is 3.08. The second-order valence-corrected chi connectivity index (χ2v) is 6.29. The van der Waals surface area contributed by atoms with E-state index in [4.69, 9.17) is 10.8 Å². The van der Waals surface area contributed by atoms with Crippen LogP contribution in [0.3, 0.4) is 0 Å². The molecule has 0 aromatic heterocycles.